The van der Waals surface area contributed by atoms with Gasteiger partial charge in [0.2, 0.25) is 0 Å². The van der Waals surface area contributed by atoms with Crippen LogP contribution in [0.1, 0.15) is 50.8 Å². The molecule has 2 N–H and O–H groups in total. The highest BCUT2D eigenvalue weighted by Gasteiger charge is 2.50. The summed E-state index contributed by atoms with van der Waals surface area (Å²) >= 11 is -1.16. The van der Waals surface area contributed by atoms with Crippen LogP contribution in [0.15, 0.2) is 24.3 Å². The van der Waals surface area contributed by atoms with Crippen LogP contribution in [0.25, 0.3) is 0 Å². The number of nitrogens with zero attached hydrogens (tertiary/aromatic N) is 1. The molecular formula is C18H26N2O3S. The van der Waals surface area contributed by atoms with Crippen LogP contribution in [0.2, 0.25) is 0 Å². The number of fused-ring (bicyclic) bond motifs is 1. The van der Waals surface area contributed by atoms with Gasteiger partial charge in [-0.3, -0.25) is 0 Å². The molecular weight excluding hydrogens is 324 g/mol. The summed E-state index contributed by atoms with van der Waals surface area (Å²) in [4.78, 5) is 12.7. The lowest BCUT2D eigenvalue weighted by molar-refractivity contribution is 0.0764. The third kappa shape index (κ3) is 3.15. The molecule has 1 saturated heterocycles. The van der Waals surface area contributed by atoms with E-state index >= 15 is 0 Å². The fourth-order valence-corrected chi connectivity index (χ4v) is 4.81. The molecule has 5 nitrogen and oxygen atoms in total. The normalized spacial score (nSPS) is 24.0. The van der Waals surface area contributed by atoms with Crippen LogP contribution < -0.4 is 4.72 Å². The van der Waals surface area contributed by atoms with Crippen molar-refractivity contribution in [3.8, 4) is 0 Å². The molecule has 1 spiro atoms. The van der Waals surface area contributed by atoms with E-state index in [1.807, 2.05) is 32.9 Å². The molecule has 1 aliphatic carbocycles. The van der Waals surface area contributed by atoms with Gasteiger partial charge in [0.25, 0.3) is 0 Å². The second-order valence-electron chi connectivity index (χ2n) is 7.94. The number of nitrogens with one attached hydrogen (secondary N) is 1. The fourth-order valence-electron chi connectivity index (χ4n) is 3.87. The van der Waals surface area contributed by atoms with E-state index in [2.05, 4.69) is 16.9 Å². The van der Waals surface area contributed by atoms with Gasteiger partial charge in [-0.25, -0.2) is 4.79 Å². The highest BCUT2D eigenvalue weighted by molar-refractivity contribution is 7.90. The first-order chi connectivity index (χ1) is 11.2. The maximum Gasteiger partial charge on any atom is 0.407 e. The standard InChI is InChI=1S/C18H26N2O3S/c1-17(2,3)24(23)19-15-14-7-5-4-6-13(14)12-18(15)8-10-20(11-9-18)16(21)22/h4-7,15,19H,8-12H2,1-3H3,(H,21,22)/t15-,24-/m1/s1. The van der Waals surface area contributed by atoms with Crippen LogP contribution in [0.4, 0.5) is 4.79 Å². The number of benzene rings is 1. The number of rotatable bonds is 2. The minimum absolute atomic E-state index is 0.0182. The molecule has 1 aromatic rings. The highest BCUT2D eigenvalue weighted by Crippen LogP contribution is 2.52. The van der Waals surface area contributed by atoms with Gasteiger partial charge in [0.1, 0.15) is 4.75 Å². The van der Waals surface area contributed by atoms with E-state index in [4.69, 9.17) is 0 Å². The summed E-state index contributed by atoms with van der Waals surface area (Å²) in [6, 6.07) is 8.35. The predicted molar refractivity (Wildman–Crippen MR) is 95.2 cm³/mol. The van der Waals surface area contributed by atoms with Gasteiger partial charge in [0.15, 0.2) is 0 Å². The molecule has 0 aromatic heterocycles. The van der Waals surface area contributed by atoms with Crippen molar-refractivity contribution < 1.29 is 14.5 Å². The molecule has 1 aromatic carbocycles. The monoisotopic (exact) mass is 350 g/mol. The average Bonchev–Trinajstić information content (AvgIpc) is 2.80. The van der Waals surface area contributed by atoms with Gasteiger partial charge in [-0.15, -0.1) is 4.72 Å². The van der Waals surface area contributed by atoms with Crippen molar-refractivity contribution in [1.82, 2.24) is 9.62 Å². The van der Waals surface area contributed by atoms with E-state index in [1.54, 1.807) is 0 Å². The molecule has 1 aliphatic heterocycles. The van der Waals surface area contributed by atoms with Crippen LogP contribution in [0.3, 0.4) is 0 Å². The summed E-state index contributed by atoms with van der Waals surface area (Å²) in [5.74, 6) is 0. The first-order valence-corrected chi connectivity index (χ1v) is 9.62. The molecule has 1 fully saturated rings. The summed E-state index contributed by atoms with van der Waals surface area (Å²) in [6.45, 7) is 7.00. The van der Waals surface area contributed by atoms with E-state index in [-0.39, 0.29) is 16.2 Å². The van der Waals surface area contributed by atoms with Crippen molar-refractivity contribution in [2.75, 3.05) is 13.1 Å². The minimum atomic E-state index is -1.16. The lowest BCUT2D eigenvalue weighted by atomic mass is 9.73. The molecule has 6 heteroatoms. The SMILES string of the molecule is CC(C)(C)[S@@+]([O-])N[C@@H]1c2ccccc2CC12CCN(C(=O)O)CC2. The second-order valence-corrected chi connectivity index (χ2v) is 9.94. The quantitative estimate of drug-likeness (QED) is 0.804. The third-order valence-electron chi connectivity index (χ3n) is 5.33. The van der Waals surface area contributed by atoms with Crippen LogP contribution >= 0.6 is 0 Å². The maximum atomic E-state index is 12.7. The lowest BCUT2D eigenvalue weighted by Gasteiger charge is -2.43. The van der Waals surface area contributed by atoms with Gasteiger partial charge in [-0.1, -0.05) is 24.3 Å². The van der Waals surface area contributed by atoms with Gasteiger partial charge in [0.05, 0.1) is 6.04 Å². The fraction of sp³-hybridized carbons (Fsp3) is 0.611. The van der Waals surface area contributed by atoms with E-state index in [9.17, 15) is 14.5 Å². The zero-order valence-electron chi connectivity index (χ0n) is 14.5. The highest BCUT2D eigenvalue weighted by atomic mass is 32.2. The first-order valence-electron chi connectivity index (χ1n) is 8.47. The zero-order valence-corrected chi connectivity index (χ0v) is 15.4. The molecule has 2 aliphatic rings. The lowest BCUT2D eigenvalue weighted by Crippen LogP contribution is -2.50. The number of hydrogen-bond donors (Lipinski definition) is 2. The molecule has 2 atom stereocenters. The van der Waals surface area contributed by atoms with Crippen LogP contribution in [-0.4, -0.2) is 38.5 Å². The van der Waals surface area contributed by atoms with Crippen LogP contribution in [-0.2, 0) is 17.8 Å². The Morgan fingerprint density at radius 1 is 1.33 bits per heavy atom. The zero-order chi connectivity index (χ0) is 17.5. The number of likely N-dealkylation sites (tertiary alicyclic amines) is 1. The van der Waals surface area contributed by atoms with Crippen molar-refractivity contribution in [3.05, 3.63) is 35.4 Å². The smallest absolute Gasteiger partial charge is 0.407 e. The molecule has 1 amide bonds. The molecule has 132 valence electrons. The van der Waals surface area contributed by atoms with Crippen molar-refractivity contribution in [3.63, 3.8) is 0 Å². The summed E-state index contributed by atoms with van der Waals surface area (Å²) in [6.07, 6.45) is 1.68. The molecule has 0 unspecified atom stereocenters. The predicted octanol–water partition coefficient (Wildman–Crippen LogP) is 3.10. The van der Waals surface area contributed by atoms with Crippen LogP contribution in [0.5, 0.6) is 0 Å². The molecule has 0 radical (unpaired) electrons. The Bertz CT molecular complexity index is 621. The Balaban J connectivity index is 1.87. The summed E-state index contributed by atoms with van der Waals surface area (Å²) in [5, 5.41) is 9.22. The van der Waals surface area contributed by atoms with Crippen molar-refractivity contribution in [2.24, 2.45) is 5.41 Å². The minimum Gasteiger partial charge on any atom is -0.598 e. The second kappa shape index (κ2) is 6.24. The number of carbonyl (C=O) groups is 1. The third-order valence-corrected chi connectivity index (χ3v) is 6.89. The van der Waals surface area contributed by atoms with E-state index in [1.165, 1.54) is 16.0 Å². The molecule has 24 heavy (non-hydrogen) atoms. The Morgan fingerprint density at radius 2 is 1.96 bits per heavy atom. The van der Waals surface area contributed by atoms with E-state index in [0.29, 0.717) is 13.1 Å². The van der Waals surface area contributed by atoms with Crippen molar-refractivity contribution >= 4 is 17.5 Å². The topological polar surface area (TPSA) is 75.6 Å². The number of hydrogen-bond acceptors (Lipinski definition) is 3. The Morgan fingerprint density at radius 3 is 2.54 bits per heavy atom. The number of carboxylic acid groups (broad SMARTS) is 1. The maximum absolute atomic E-state index is 12.7. The van der Waals surface area contributed by atoms with Gasteiger partial charge >= 0.3 is 6.09 Å². The summed E-state index contributed by atoms with van der Waals surface area (Å²) in [5.41, 5.74) is 2.47. The first kappa shape index (κ1) is 17.6. The van der Waals surface area contributed by atoms with Crippen LogP contribution in [0, 0.1) is 5.41 Å². The Kier molecular flexibility index (Phi) is 4.57. The van der Waals surface area contributed by atoms with Crippen molar-refractivity contribution in [1.29, 1.82) is 0 Å². The Labute approximate surface area is 146 Å². The van der Waals surface area contributed by atoms with E-state index in [0.717, 1.165) is 19.3 Å². The van der Waals surface area contributed by atoms with Gasteiger partial charge < -0.3 is 14.6 Å². The Hall–Kier alpha value is -1.24. The molecule has 1 heterocycles. The molecule has 0 bridgehead atoms. The van der Waals surface area contributed by atoms with Gasteiger partial charge in [-0.2, -0.15) is 0 Å². The summed E-state index contributed by atoms with van der Waals surface area (Å²) < 4.78 is 15.8. The average molecular weight is 350 g/mol. The van der Waals surface area contributed by atoms with Gasteiger partial charge in [0, 0.05) is 29.9 Å². The molecule has 3 rings (SSSR count). The van der Waals surface area contributed by atoms with E-state index < -0.39 is 17.5 Å². The molecule has 0 saturated carbocycles. The van der Waals surface area contributed by atoms with Gasteiger partial charge in [-0.05, 0) is 51.2 Å². The summed E-state index contributed by atoms with van der Waals surface area (Å²) in [7, 11) is 0. The largest absolute Gasteiger partial charge is 0.598 e. The number of amides is 1. The number of piperidine rings is 1. The van der Waals surface area contributed by atoms with Crippen molar-refractivity contribution in [2.45, 2.75) is 50.8 Å².